The second-order valence-corrected chi connectivity index (χ2v) is 11.0. The predicted molar refractivity (Wildman–Crippen MR) is 164 cm³/mol. The van der Waals surface area contributed by atoms with Crippen LogP contribution in [0.3, 0.4) is 0 Å². The quantitative estimate of drug-likeness (QED) is 0.232. The number of methoxy groups -OCH3 is 1. The Balaban J connectivity index is 1.96. The summed E-state index contributed by atoms with van der Waals surface area (Å²) in [6.45, 7) is 12.8. The number of carbonyl (C=O) groups is 1. The fourth-order valence-electron chi connectivity index (χ4n) is 5.82. The van der Waals surface area contributed by atoms with Crippen LogP contribution >= 0.6 is 0 Å². The Bertz CT molecular complexity index is 1350. The van der Waals surface area contributed by atoms with Gasteiger partial charge < -0.3 is 9.84 Å². The van der Waals surface area contributed by atoms with E-state index in [1.54, 1.807) is 6.07 Å². The predicted octanol–water partition coefficient (Wildman–Crippen LogP) is 8.89. The van der Waals surface area contributed by atoms with Crippen LogP contribution in [0, 0.1) is 19.7 Å². The van der Waals surface area contributed by atoms with Crippen LogP contribution in [0.4, 0.5) is 4.39 Å². The molecule has 0 saturated heterocycles. The highest BCUT2D eigenvalue weighted by Crippen LogP contribution is 2.41. The first-order valence-corrected chi connectivity index (χ1v) is 14.6. The summed E-state index contributed by atoms with van der Waals surface area (Å²) in [6.07, 6.45) is 8.22. The summed E-state index contributed by atoms with van der Waals surface area (Å²) in [6, 6.07) is 18.2. The molecular weight excluding hydrogens is 499 g/mol. The average Bonchev–Trinajstić information content (AvgIpc) is 2.95. The number of aliphatic hydroxyl groups is 1. The van der Waals surface area contributed by atoms with Crippen molar-refractivity contribution in [3.63, 3.8) is 0 Å². The molecule has 0 heterocycles. The zero-order valence-electron chi connectivity index (χ0n) is 25.2. The van der Waals surface area contributed by atoms with Crippen molar-refractivity contribution in [2.45, 2.75) is 91.1 Å². The van der Waals surface area contributed by atoms with E-state index in [-0.39, 0.29) is 11.8 Å². The summed E-state index contributed by atoms with van der Waals surface area (Å²) in [5.41, 5.74) is 7.08. The maximum Gasteiger partial charge on any atom is 0.310 e. The molecule has 0 radical (unpaired) electrons. The molecule has 0 aliphatic heterocycles. The molecule has 0 aromatic heterocycles. The molecule has 214 valence electrons. The van der Waals surface area contributed by atoms with Crippen LogP contribution in [0.15, 0.2) is 60.7 Å². The summed E-state index contributed by atoms with van der Waals surface area (Å²) >= 11 is 0. The molecule has 40 heavy (non-hydrogen) atoms. The lowest BCUT2D eigenvalue weighted by atomic mass is 9.69. The number of carbonyl (C=O) groups excluding carboxylic acids is 1. The Morgan fingerprint density at radius 1 is 0.900 bits per heavy atom. The molecule has 0 aliphatic rings. The summed E-state index contributed by atoms with van der Waals surface area (Å²) in [5.74, 6) is -0.861. The Morgan fingerprint density at radius 2 is 1.55 bits per heavy atom. The first-order valence-electron chi connectivity index (χ1n) is 14.6. The van der Waals surface area contributed by atoms with Gasteiger partial charge in [-0.05, 0) is 90.1 Å². The van der Waals surface area contributed by atoms with Crippen molar-refractivity contribution in [2.75, 3.05) is 7.11 Å². The van der Waals surface area contributed by atoms with E-state index in [0.29, 0.717) is 12.0 Å². The van der Waals surface area contributed by atoms with Gasteiger partial charge >= 0.3 is 5.97 Å². The second kappa shape index (κ2) is 13.4. The molecule has 3 aromatic rings. The third-order valence-electron chi connectivity index (χ3n) is 8.60. The largest absolute Gasteiger partial charge is 0.469 e. The SMILES string of the molecule is CCCC(O)(/C=C/c1ccc(C(CC)(CC)c2ccc(-c3ccc(CC(=O)OC)c(F)c3)c(C)c2)cc1C)CC. The van der Waals surface area contributed by atoms with Crippen molar-refractivity contribution in [2.24, 2.45) is 0 Å². The fourth-order valence-corrected chi connectivity index (χ4v) is 5.82. The molecule has 1 atom stereocenters. The Hall–Kier alpha value is -3.24. The number of hydrogen-bond acceptors (Lipinski definition) is 3. The molecule has 4 heteroatoms. The van der Waals surface area contributed by atoms with Crippen LogP contribution in [0.25, 0.3) is 17.2 Å². The Kier molecular flexibility index (Phi) is 10.5. The highest BCUT2D eigenvalue weighted by molar-refractivity contribution is 5.74. The van der Waals surface area contributed by atoms with Gasteiger partial charge in [0.05, 0.1) is 19.1 Å². The van der Waals surface area contributed by atoms with E-state index >= 15 is 0 Å². The monoisotopic (exact) mass is 544 g/mol. The molecule has 0 bridgehead atoms. The van der Waals surface area contributed by atoms with Crippen LogP contribution in [-0.4, -0.2) is 23.8 Å². The Morgan fingerprint density at radius 3 is 2.08 bits per heavy atom. The van der Waals surface area contributed by atoms with Crippen molar-refractivity contribution >= 4 is 12.0 Å². The van der Waals surface area contributed by atoms with Crippen molar-refractivity contribution < 1.29 is 19.0 Å². The number of aryl methyl sites for hydroxylation is 2. The zero-order chi connectivity index (χ0) is 29.5. The van der Waals surface area contributed by atoms with Gasteiger partial charge in [0.2, 0.25) is 0 Å². The summed E-state index contributed by atoms with van der Waals surface area (Å²) in [4.78, 5) is 11.6. The third-order valence-corrected chi connectivity index (χ3v) is 8.60. The number of benzene rings is 3. The fraction of sp³-hybridized carbons (Fsp3) is 0.417. The summed E-state index contributed by atoms with van der Waals surface area (Å²) in [5, 5.41) is 10.9. The third kappa shape index (κ3) is 6.72. The van der Waals surface area contributed by atoms with E-state index in [2.05, 4.69) is 81.8 Å². The first kappa shape index (κ1) is 31.3. The molecular formula is C36H45FO3. The van der Waals surface area contributed by atoms with Crippen molar-refractivity contribution in [1.82, 2.24) is 0 Å². The van der Waals surface area contributed by atoms with Crippen molar-refractivity contribution in [3.05, 3.63) is 99.9 Å². The average molecular weight is 545 g/mol. The molecule has 3 rings (SSSR count). The van der Waals surface area contributed by atoms with Gasteiger partial charge in [-0.1, -0.05) is 94.8 Å². The van der Waals surface area contributed by atoms with Gasteiger partial charge in [-0.3, -0.25) is 4.79 Å². The van der Waals surface area contributed by atoms with Crippen LogP contribution < -0.4 is 0 Å². The maximum atomic E-state index is 14.8. The van der Waals surface area contributed by atoms with Gasteiger partial charge in [-0.2, -0.15) is 0 Å². The molecule has 1 unspecified atom stereocenters. The maximum absolute atomic E-state index is 14.8. The van der Waals surface area contributed by atoms with Crippen molar-refractivity contribution in [1.29, 1.82) is 0 Å². The highest BCUT2D eigenvalue weighted by Gasteiger charge is 2.31. The van der Waals surface area contributed by atoms with Gasteiger partial charge in [-0.25, -0.2) is 4.39 Å². The van der Waals surface area contributed by atoms with E-state index in [1.807, 2.05) is 19.1 Å². The van der Waals surface area contributed by atoms with Crippen LogP contribution in [0.1, 0.15) is 93.2 Å². The standard InChI is InChI=1S/C36H45FO3/c1-8-19-35(39,9-2)20-18-27-14-15-30(21-25(27)5)36(10-3,11-4)31-16-17-32(26(6)22-31)28-12-13-29(33(37)23-28)24-34(38)40-7/h12-18,20-23,39H,8-11,19,24H2,1-7H3/b20-18+. The number of ether oxygens (including phenoxy) is 1. The normalized spacial score (nSPS) is 13.4. The van der Waals surface area contributed by atoms with Crippen LogP contribution in [-0.2, 0) is 21.4 Å². The number of halogens is 1. The molecule has 0 saturated carbocycles. The molecule has 0 spiro atoms. The van der Waals surface area contributed by atoms with Gasteiger partial charge in [-0.15, -0.1) is 0 Å². The second-order valence-electron chi connectivity index (χ2n) is 11.0. The molecule has 3 nitrogen and oxygen atoms in total. The molecule has 0 fully saturated rings. The van der Waals surface area contributed by atoms with E-state index in [9.17, 15) is 14.3 Å². The number of esters is 1. The van der Waals surface area contributed by atoms with E-state index in [4.69, 9.17) is 0 Å². The summed E-state index contributed by atoms with van der Waals surface area (Å²) < 4.78 is 19.5. The topological polar surface area (TPSA) is 46.5 Å². The molecule has 1 N–H and O–H groups in total. The zero-order valence-corrected chi connectivity index (χ0v) is 25.2. The highest BCUT2D eigenvalue weighted by atomic mass is 19.1. The smallest absolute Gasteiger partial charge is 0.310 e. The minimum Gasteiger partial charge on any atom is -0.469 e. The van der Waals surface area contributed by atoms with Crippen LogP contribution in [0.5, 0.6) is 0 Å². The molecule has 0 amide bonds. The number of rotatable bonds is 12. The molecule has 3 aromatic carbocycles. The lowest BCUT2D eigenvalue weighted by Crippen LogP contribution is -2.26. The van der Waals surface area contributed by atoms with Crippen LogP contribution in [0.2, 0.25) is 0 Å². The lowest BCUT2D eigenvalue weighted by Gasteiger charge is -2.34. The number of hydrogen-bond donors (Lipinski definition) is 1. The van der Waals surface area contributed by atoms with Gasteiger partial charge in [0.25, 0.3) is 0 Å². The Labute approximate surface area is 240 Å². The first-order chi connectivity index (χ1) is 19.1. The minimum absolute atomic E-state index is 0.0811. The van der Waals surface area contributed by atoms with E-state index < -0.39 is 17.4 Å². The van der Waals surface area contributed by atoms with Gasteiger partial charge in [0.1, 0.15) is 5.82 Å². The minimum atomic E-state index is -0.764. The van der Waals surface area contributed by atoms with Crippen molar-refractivity contribution in [3.8, 4) is 11.1 Å². The molecule has 0 aliphatic carbocycles. The van der Waals surface area contributed by atoms with Gasteiger partial charge in [0, 0.05) is 5.41 Å². The van der Waals surface area contributed by atoms with E-state index in [0.717, 1.165) is 47.9 Å². The van der Waals surface area contributed by atoms with Gasteiger partial charge in [0.15, 0.2) is 0 Å². The lowest BCUT2D eigenvalue weighted by molar-refractivity contribution is -0.139. The summed E-state index contributed by atoms with van der Waals surface area (Å²) in [7, 11) is 1.31. The van der Waals surface area contributed by atoms with E-state index in [1.165, 1.54) is 29.9 Å².